The van der Waals surface area contributed by atoms with Crippen molar-refractivity contribution in [3.8, 4) is 11.5 Å². The number of anilines is 1. The third kappa shape index (κ3) is 4.53. The summed E-state index contributed by atoms with van der Waals surface area (Å²) in [5, 5.41) is 0. The van der Waals surface area contributed by atoms with E-state index in [4.69, 9.17) is 9.47 Å². The van der Waals surface area contributed by atoms with E-state index in [-0.39, 0.29) is 11.8 Å². The van der Waals surface area contributed by atoms with Gasteiger partial charge >= 0.3 is 0 Å². The predicted octanol–water partition coefficient (Wildman–Crippen LogP) is 4.90. The van der Waals surface area contributed by atoms with Gasteiger partial charge in [0.15, 0.2) is 0 Å². The molecule has 3 aromatic carbocycles. The molecule has 0 N–H and O–H groups in total. The molecule has 1 aliphatic rings. The lowest BCUT2D eigenvalue weighted by molar-refractivity contribution is -0.120. The molecule has 0 atom stereocenters. The highest BCUT2D eigenvalue weighted by molar-refractivity contribution is 6.45. The molecule has 0 aliphatic carbocycles. The van der Waals surface area contributed by atoms with Gasteiger partial charge in [-0.3, -0.25) is 9.59 Å². The van der Waals surface area contributed by atoms with Gasteiger partial charge < -0.3 is 14.4 Å². The fourth-order valence-electron chi connectivity index (χ4n) is 4.07. The molecule has 0 spiro atoms. The quantitative estimate of drug-likeness (QED) is 0.429. The van der Waals surface area contributed by atoms with Crippen LogP contribution in [0.4, 0.5) is 5.69 Å². The van der Waals surface area contributed by atoms with Crippen molar-refractivity contribution in [2.75, 3.05) is 25.2 Å². The van der Waals surface area contributed by atoms with Gasteiger partial charge in [-0.15, -0.1) is 0 Å². The lowest BCUT2D eigenvalue weighted by atomic mass is 10.0. The summed E-state index contributed by atoms with van der Waals surface area (Å²) in [6, 6.07) is 24.2. The van der Waals surface area contributed by atoms with E-state index in [1.807, 2.05) is 73.3 Å². The van der Waals surface area contributed by atoms with Crippen LogP contribution in [0.2, 0.25) is 0 Å². The molecule has 0 saturated carbocycles. The van der Waals surface area contributed by atoms with Crippen molar-refractivity contribution in [3.63, 3.8) is 0 Å². The normalized spacial score (nSPS) is 13.4. The van der Waals surface area contributed by atoms with Crippen LogP contribution in [0.5, 0.6) is 11.5 Å². The van der Waals surface area contributed by atoms with Crippen LogP contribution in [0.15, 0.2) is 84.6 Å². The molecule has 6 heteroatoms. The molecule has 4 rings (SSSR count). The van der Waals surface area contributed by atoms with Gasteiger partial charge in [-0.05, 0) is 61.4 Å². The number of carbonyl (C=O) groups excluding carboxylic acids is 2. The largest absolute Gasteiger partial charge is 0.497 e. The van der Waals surface area contributed by atoms with Gasteiger partial charge in [0, 0.05) is 13.1 Å². The van der Waals surface area contributed by atoms with Gasteiger partial charge in [-0.25, -0.2) is 4.90 Å². The minimum absolute atomic E-state index is 0.336. The molecule has 0 fully saturated rings. The summed E-state index contributed by atoms with van der Waals surface area (Å²) in [6.07, 6.45) is 0. The van der Waals surface area contributed by atoms with Gasteiger partial charge in [-0.1, -0.05) is 42.5 Å². The van der Waals surface area contributed by atoms with Crippen molar-refractivity contribution >= 4 is 23.1 Å². The predicted molar refractivity (Wildman–Crippen MR) is 133 cm³/mol. The third-order valence-electron chi connectivity index (χ3n) is 5.76. The van der Waals surface area contributed by atoms with E-state index >= 15 is 0 Å². The van der Waals surface area contributed by atoms with Crippen molar-refractivity contribution in [3.05, 3.63) is 95.7 Å². The van der Waals surface area contributed by atoms with Gasteiger partial charge in [0.25, 0.3) is 11.8 Å². The Kier molecular flexibility index (Phi) is 6.97. The lowest BCUT2D eigenvalue weighted by Crippen LogP contribution is -2.35. The Morgan fingerprint density at radius 1 is 0.794 bits per heavy atom. The van der Waals surface area contributed by atoms with Crippen LogP contribution in [0, 0.1) is 0 Å². The van der Waals surface area contributed by atoms with Crippen molar-refractivity contribution in [2.24, 2.45) is 0 Å². The molecular formula is C28H28N2O4. The van der Waals surface area contributed by atoms with Gasteiger partial charge in [-0.2, -0.15) is 0 Å². The van der Waals surface area contributed by atoms with Crippen LogP contribution in [-0.4, -0.2) is 37.0 Å². The standard InChI is InChI=1S/C28H28N2O4/c1-4-29(19-20-9-7-6-8-10-20)26-25(21-11-15-24(16-12-21)34-5-2)27(31)30(28(26)32)22-13-17-23(33-3)18-14-22/h6-18H,4-5,19H2,1-3H3. The second-order valence-corrected chi connectivity index (χ2v) is 7.82. The summed E-state index contributed by atoms with van der Waals surface area (Å²) in [7, 11) is 1.58. The summed E-state index contributed by atoms with van der Waals surface area (Å²) in [5.74, 6) is 0.688. The third-order valence-corrected chi connectivity index (χ3v) is 5.76. The smallest absolute Gasteiger partial charge is 0.282 e. The first-order valence-corrected chi connectivity index (χ1v) is 11.4. The van der Waals surface area contributed by atoms with E-state index in [9.17, 15) is 9.59 Å². The summed E-state index contributed by atoms with van der Waals surface area (Å²) >= 11 is 0. The molecule has 6 nitrogen and oxygen atoms in total. The topological polar surface area (TPSA) is 59.1 Å². The molecule has 174 valence electrons. The van der Waals surface area contributed by atoms with E-state index in [2.05, 4.69) is 0 Å². The van der Waals surface area contributed by atoms with Crippen molar-refractivity contribution < 1.29 is 19.1 Å². The SMILES string of the molecule is CCOc1ccc(C2=C(N(CC)Cc3ccccc3)C(=O)N(c3ccc(OC)cc3)C2=O)cc1. The summed E-state index contributed by atoms with van der Waals surface area (Å²) in [6.45, 7) is 5.54. The number of imide groups is 1. The maximum Gasteiger partial charge on any atom is 0.282 e. The zero-order chi connectivity index (χ0) is 24.1. The van der Waals surface area contributed by atoms with Crippen LogP contribution in [-0.2, 0) is 16.1 Å². The lowest BCUT2D eigenvalue weighted by Gasteiger charge is -2.25. The van der Waals surface area contributed by atoms with E-state index in [0.717, 1.165) is 5.56 Å². The minimum Gasteiger partial charge on any atom is -0.497 e. The van der Waals surface area contributed by atoms with Crippen molar-refractivity contribution in [1.29, 1.82) is 0 Å². The van der Waals surface area contributed by atoms with Gasteiger partial charge in [0.05, 0.1) is 25.0 Å². The van der Waals surface area contributed by atoms with Crippen LogP contribution in [0.25, 0.3) is 5.57 Å². The molecule has 1 aliphatic heterocycles. The van der Waals surface area contributed by atoms with Gasteiger partial charge in [0.2, 0.25) is 0 Å². The number of rotatable bonds is 9. The molecule has 0 saturated heterocycles. The average molecular weight is 457 g/mol. The molecule has 0 aromatic heterocycles. The number of methoxy groups -OCH3 is 1. The molecule has 34 heavy (non-hydrogen) atoms. The molecule has 1 heterocycles. The first kappa shape index (κ1) is 23.1. The van der Waals surface area contributed by atoms with E-state index in [1.165, 1.54) is 4.90 Å². The van der Waals surface area contributed by atoms with Crippen LogP contribution in [0.1, 0.15) is 25.0 Å². The maximum absolute atomic E-state index is 13.8. The molecule has 0 radical (unpaired) electrons. The summed E-state index contributed by atoms with van der Waals surface area (Å²) in [4.78, 5) is 30.7. The molecule has 0 unspecified atom stereocenters. The molecular weight excluding hydrogens is 428 g/mol. The fraction of sp³-hybridized carbons (Fsp3) is 0.214. The maximum atomic E-state index is 13.8. The van der Waals surface area contributed by atoms with E-state index < -0.39 is 0 Å². The van der Waals surface area contributed by atoms with E-state index in [0.29, 0.717) is 53.7 Å². The average Bonchev–Trinajstić information content (AvgIpc) is 3.13. The Balaban J connectivity index is 1.79. The first-order valence-electron chi connectivity index (χ1n) is 11.4. The Bertz CT molecular complexity index is 1190. The monoisotopic (exact) mass is 456 g/mol. The van der Waals surface area contributed by atoms with Crippen molar-refractivity contribution in [2.45, 2.75) is 20.4 Å². The Hall–Kier alpha value is -4.06. The Morgan fingerprint density at radius 2 is 1.44 bits per heavy atom. The number of carbonyl (C=O) groups is 2. The fourth-order valence-corrected chi connectivity index (χ4v) is 4.07. The first-order chi connectivity index (χ1) is 16.6. The van der Waals surface area contributed by atoms with Crippen LogP contribution >= 0.6 is 0 Å². The summed E-state index contributed by atoms with van der Waals surface area (Å²) < 4.78 is 10.8. The number of hydrogen-bond acceptors (Lipinski definition) is 5. The summed E-state index contributed by atoms with van der Waals surface area (Å²) in [5.41, 5.74) is 3.04. The minimum atomic E-state index is -0.346. The number of likely N-dealkylation sites (N-methyl/N-ethyl adjacent to an activating group) is 1. The Labute approximate surface area is 200 Å². The number of ether oxygens (including phenoxy) is 2. The zero-order valence-corrected chi connectivity index (χ0v) is 19.7. The van der Waals surface area contributed by atoms with Crippen LogP contribution < -0.4 is 14.4 Å². The number of nitrogens with zero attached hydrogens (tertiary/aromatic N) is 2. The highest BCUT2D eigenvalue weighted by atomic mass is 16.5. The highest BCUT2D eigenvalue weighted by Crippen LogP contribution is 2.36. The molecule has 3 aromatic rings. The number of benzene rings is 3. The van der Waals surface area contributed by atoms with Gasteiger partial charge in [0.1, 0.15) is 17.2 Å². The molecule has 0 bridgehead atoms. The highest BCUT2D eigenvalue weighted by Gasteiger charge is 2.42. The Morgan fingerprint density at radius 3 is 2.03 bits per heavy atom. The number of hydrogen-bond donors (Lipinski definition) is 0. The van der Waals surface area contributed by atoms with Crippen molar-refractivity contribution in [1.82, 2.24) is 4.90 Å². The number of amides is 2. The van der Waals surface area contributed by atoms with E-state index in [1.54, 1.807) is 31.4 Å². The molecule has 2 amide bonds. The second-order valence-electron chi connectivity index (χ2n) is 7.82. The van der Waals surface area contributed by atoms with Crippen LogP contribution in [0.3, 0.4) is 0 Å². The second kappa shape index (κ2) is 10.3. The zero-order valence-electron chi connectivity index (χ0n) is 19.7.